The lowest BCUT2D eigenvalue weighted by molar-refractivity contribution is -0.297. The molecule has 136 heavy (non-hydrogen) atoms. The van der Waals surface area contributed by atoms with Crippen molar-refractivity contribution in [2.75, 3.05) is 52.9 Å². The first-order valence-electron chi connectivity index (χ1n) is 52.4. The van der Waals surface area contributed by atoms with Gasteiger partial charge in [-0.05, 0) is 198 Å². The van der Waals surface area contributed by atoms with Gasteiger partial charge < -0.3 is 58.0 Å². The number of aliphatic hydroxyl groups excluding tert-OH is 3. The maximum Gasteiger partial charge on any atom is 0.226 e. The van der Waals surface area contributed by atoms with Gasteiger partial charge >= 0.3 is 0 Å². The van der Waals surface area contributed by atoms with E-state index in [0.717, 1.165) is 185 Å². The molecule has 25 heteroatoms. The van der Waals surface area contributed by atoms with Crippen molar-refractivity contribution in [1.82, 2.24) is 39.1 Å². The maximum atomic E-state index is 12.7. The van der Waals surface area contributed by atoms with Crippen LogP contribution in [0.15, 0.2) is 59.9 Å². The summed E-state index contributed by atoms with van der Waals surface area (Å²) in [6, 6.07) is 0. The molecule has 22 rings (SSSR count). The third-order valence-corrected chi connectivity index (χ3v) is 40.3. The number of nitrogens with zero attached hydrogens (tertiary/aromatic N) is 10. The van der Waals surface area contributed by atoms with Gasteiger partial charge in [0, 0.05) is 169 Å². The largest absolute Gasteiger partial charge is 0.523 e. The van der Waals surface area contributed by atoms with Crippen molar-refractivity contribution in [1.29, 1.82) is 0 Å². The van der Waals surface area contributed by atoms with Crippen molar-refractivity contribution in [2.45, 2.75) is 377 Å². The average molecular weight is 1880 g/mol. The molecular formula is C111H166N10O15. The third-order valence-electron chi connectivity index (χ3n) is 40.3. The minimum atomic E-state index is -0.530. The lowest BCUT2D eigenvalue weighted by Gasteiger charge is -2.61. The molecule has 4 aromatic rings. The van der Waals surface area contributed by atoms with E-state index < -0.39 is 28.2 Å². The van der Waals surface area contributed by atoms with Gasteiger partial charge in [-0.3, -0.25) is 33.1 Å². The number of aryl methyl sites for hydroxylation is 8. The van der Waals surface area contributed by atoms with E-state index >= 15 is 0 Å². The molecule has 0 amide bonds. The SMILES string of the molecule is CC1(C)[C@@H]2CC/C(=C\O)C(=O)[C@@]2(C)CCC12OCCO2.CC1(C)[C@@H]2CCCC(=O)[C@@]2(C)CCC12OCCO2.CC1(C)[C@@H]2CCC[C@H](O)[C@@]2(C)CCC12OCCO2.Cn1cc2c(n1)[C@@]1(C)CCC(=O)C(C)(C)[C@@H]1CC2.Cn1cc2c(n1)[C@@]1(C)CCC3(OCCO3)C(C)(C)[C@@H]1CC2.[3H]C.[C-]#[N+]C1=C(O)C(C)(C)[C@@H]2CCc3cn(C)nc3[C@@]2(C)C1.[C-]#[N+]C1=C[C@]2(C)c3nn(C)cc3CC[C@H]2C(C)(C)C1=O. The lowest BCUT2D eigenvalue weighted by atomic mass is 9.48. The van der Waals surface area contributed by atoms with Crippen molar-refractivity contribution in [3.63, 3.8) is 0 Å². The topological polar surface area (TPSA) is 283 Å². The Labute approximate surface area is 813 Å². The van der Waals surface area contributed by atoms with Gasteiger partial charge in [0.15, 0.2) is 34.7 Å². The first-order valence-corrected chi connectivity index (χ1v) is 51.4. The Morgan fingerprint density at radius 3 is 1.21 bits per heavy atom. The summed E-state index contributed by atoms with van der Waals surface area (Å²) in [6.07, 6.45) is 37.0. The molecular weight excluding hydrogens is 1710 g/mol. The minimum Gasteiger partial charge on any atom is -0.523 e. The summed E-state index contributed by atoms with van der Waals surface area (Å²) < 4.78 is 61.6. The predicted molar refractivity (Wildman–Crippen MR) is 521 cm³/mol. The Kier molecular flexibility index (Phi) is 26.8. The smallest absolute Gasteiger partial charge is 0.226 e. The summed E-state index contributed by atoms with van der Waals surface area (Å²) in [4.78, 5) is 56.8. The van der Waals surface area contributed by atoms with Crippen molar-refractivity contribution in [3.05, 3.63) is 128 Å². The summed E-state index contributed by atoms with van der Waals surface area (Å²) in [5.74, 6) is 2.15. The predicted octanol–water partition coefficient (Wildman–Crippen LogP) is 20.7. The van der Waals surface area contributed by atoms with Crippen molar-refractivity contribution in [2.24, 2.45) is 124 Å². The zero-order chi connectivity index (χ0) is 100. The fourth-order valence-electron chi connectivity index (χ4n) is 32.7. The Morgan fingerprint density at radius 2 is 0.757 bits per heavy atom. The van der Waals surface area contributed by atoms with Crippen molar-refractivity contribution in [3.8, 4) is 0 Å². The standard InChI is InChI=1S/C17H26N2O2.C16H21N3O.C16H19N3O.C16H24O4.C15H22N2O.C15H26O3.C15H24O3.CH4/c1-15(2)13-6-5-12-11-19(4)18-14(12)16(13,3)7-8-17(15)20-9-10-21-17;2*1-15(2)12-7-6-10-9-19(5)18-13(10)16(12,3)8-11(17-4)14(15)20;1-14(2)12-5-4-11(10-17)13(18)15(12,3)6-7-16(14)19-8-9-20-16;1-14(2)11-6-5-10-9-17(4)16-13(10)15(11,3)8-7-12(14)18;2*1-13(2)11-5-4-6-12(16)14(11,3)7-8-15(13)17-9-10-18-15;/h11,13H,5-10H2,1-4H3;9,12,20H,6-8H2,1-3,5H3;8-9,12H,6-7H2,1-3,5H3;10,12,17H,4-9H2,1-3H3;9,11H,5-8H2,1-4H3;11-12,16H,4-10H2,1-3H3;11H,4-10H2,1-3H3;1H4/b;;;11-10+;;;;/t13-,16-;2*12-,16-;12-,15-;11-,15-;11-,12-,14-;11-,14-;/m0000000./s1/i;;;;;;;1T. The average Bonchev–Trinajstić information content (AvgIpc) is 1.70. The quantitative estimate of drug-likeness (QED) is 0.0838. The van der Waals surface area contributed by atoms with Crippen molar-refractivity contribution < 1.29 is 73.8 Å². The molecule has 4 aliphatic heterocycles. The van der Waals surface area contributed by atoms with E-state index in [2.05, 4.69) is 169 Å². The molecule has 4 saturated heterocycles. The number of ketones is 4. The molecule has 0 bridgehead atoms. The van der Waals surface area contributed by atoms with Gasteiger partial charge in [-0.2, -0.15) is 20.4 Å². The van der Waals surface area contributed by atoms with Gasteiger partial charge in [0.2, 0.25) is 11.4 Å². The molecule has 0 aromatic carbocycles. The Balaban J connectivity index is 0.000000121. The highest BCUT2D eigenvalue weighted by Gasteiger charge is 2.70. The number of Topliss-reactive ketones (excluding diaryl/α,β-unsaturated/α-hetero) is 4. The first kappa shape index (κ1) is 102. The second-order valence-corrected chi connectivity index (χ2v) is 49.7. The molecule has 0 unspecified atom stereocenters. The molecule has 12 fully saturated rings. The Bertz CT molecular complexity index is 5400. The Hall–Kier alpha value is -7.04. The summed E-state index contributed by atoms with van der Waals surface area (Å²) in [5.41, 5.74) is 9.40. The molecule has 0 radical (unpaired) electrons. The van der Waals surface area contributed by atoms with Crippen LogP contribution in [0.3, 0.4) is 0 Å². The molecule has 3 N–H and O–H groups in total. The van der Waals surface area contributed by atoms with Crippen molar-refractivity contribution >= 4 is 23.1 Å². The number of aromatic nitrogens is 8. The van der Waals surface area contributed by atoms with Crippen LogP contribution in [0.1, 0.15) is 347 Å². The Morgan fingerprint density at radius 1 is 0.390 bits per heavy atom. The highest BCUT2D eigenvalue weighted by atomic mass is 16.8. The van der Waals surface area contributed by atoms with Crippen LogP contribution in [-0.4, -0.2) is 160 Å². The molecule has 25 nitrogen and oxygen atoms in total. The summed E-state index contributed by atoms with van der Waals surface area (Å²) in [7, 11) is 9.16. The van der Waals surface area contributed by atoms with E-state index in [1.54, 1.807) is 0 Å². The molecule has 14 aliphatic carbocycles. The van der Waals surface area contributed by atoms with Gasteiger partial charge in [0.1, 0.15) is 17.3 Å². The fraction of sp³-hybridized carbons (Fsp3) is 0.784. The van der Waals surface area contributed by atoms with Gasteiger partial charge in [0.25, 0.3) is 0 Å². The van der Waals surface area contributed by atoms with E-state index in [1.165, 1.54) is 53.9 Å². The van der Waals surface area contributed by atoms with Gasteiger partial charge in [-0.25, -0.2) is 9.69 Å². The summed E-state index contributed by atoms with van der Waals surface area (Å²) in [5, 5.41) is 49.0. The second-order valence-electron chi connectivity index (χ2n) is 49.7. The van der Waals surface area contributed by atoms with E-state index in [0.29, 0.717) is 98.1 Å². The zero-order valence-corrected chi connectivity index (χ0v) is 87.5. The molecule has 8 heterocycles. The number of ether oxygens (including phenoxy) is 8. The number of fused-ring (bicyclic) bond motifs is 15. The van der Waals surface area contributed by atoms with Crippen LogP contribution in [0.2, 0.25) is 0 Å². The molecule has 15 atom stereocenters. The number of hydrogen-bond donors (Lipinski definition) is 3. The summed E-state index contributed by atoms with van der Waals surface area (Å²) in [6.45, 7) is 66.2. The lowest BCUT2D eigenvalue weighted by Crippen LogP contribution is -2.62. The number of carbonyl (C=O) groups is 4. The van der Waals surface area contributed by atoms with Crippen LogP contribution in [0, 0.1) is 109 Å². The highest BCUT2D eigenvalue weighted by Crippen LogP contribution is 2.69. The normalized spacial score (nSPS) is 37.1. The van der Waals surface area contributed by atoms with Crippen LogP contribution in [0.25, 0.3) is 9.69 Å². The molecule has 4 spiro atoms. The zero-order valence-electron chi connectivity index (χ0n) is 88.5. The second kappa shape index (κ2) is 35.8. The first-order chi connectivity index (χ1) is 64.1. The number of hydrogen-bond acceptors (Lipinski definition) is 19. The maximum absolute atomic E-state index is 12.7. The van der Waals surface area contributed by atoms with Crippen LogP contribution in [0.5, 0.6) is 0 Å². The highest BCUT2D eigenvalue weighted by molar-refractivity contribution is 6.03. The number of allylic oxidation sites excluding steroid dienone is 5. The molecule has 8 saturated carbocycles. The van der Waals surface area contributed by atoms with Gasteiger partial charge in [-0.15, -0.1) is 0 Å². The van der Waals surface area contributed by atoms with E-state index in [4.69, 9.17) is 62.6 Å². The van der Waals surface area contributed by atoms with Gasteiger partial charge in [-0.1, -0.05) is 165 Å². The summed E-state index contributed by atoms with van der Waals surface area (Å²) >= 11 is 0. The fourth-order valence-corrected chi connectivity index (χ4v) is 32.7. The van der Waals surface area contributed by atoms with Crippen LogP contribution >= 0.6 is 0 Å². The van der Waals surface area contributed by atoms with E-state index in [9.17, 15) is 34.5 Å². The van der Waals surface area contributed by atoms with Crippen LogP contribution < -0.4 is 0 Å². The molecule has 18 aliphatic rings. The van der Waals surface area contributed by atoms with E-state index in [1.807, 2.05) is 73.8 Å². The number of aliphatic hydroxyl groups is 3. The number of carbonyl (C=O) groups excluding carboxylic acids is 4. The number of rotatable bonds is 0. The van der Waals surface area contributed by atoms with Crippen LogP contribution in [-0.2, 0) is 133 Å². The molecule has 4 aromatic heterocycles. The van der Waals surface area contributed by atoms with Gasteiger partial charge in [0.05, 0.1) is 101 Å². The third kappa shape index (κ3) is 15.9. The van der Waals surface area contributed by atoms with Crippen LogP contribution in [0.4, 0.5) is 0 Å². The molecule has 750 valence electrons. The minimum absolute atomic E-state index is 0.0160. The van der Waals surface area contributed by atoms with E-state index in [-0.39, 0.29) is 112 Å². The monoisotopic (exact) mass is 1880 g/mol.